The second-order valence-electron chi connectivity index (χ2n) is 5.07. The third kappa shape index (κ3) is 3.97. The summed E-state index contributed by atoms with van der Waals surface area (Å²) in [6, 6.07) is 5.35. The van der Waals surface area contributed by atoms with Crippen LogP contribution in [0.2, 0.25) is 0 Å². The number of nitrogens with zero attached hydrogens (tertiary/aromatic N) is 1. The zero-order chi connectivity index (χ0) is 15.5. The maximum atomic E-state index is 12.0. The van der Waals surface area contributed by atoms with Crippen LogP contribution < -0.4 is 9.62 Å². The highest BCUT2D eigenvalue weighted by Crippen LogP contribution is 2.31. The molecule has 0 bridgehead atoms. The Kier molecular flexibility index (Phi) is 5.27. The van der Waals surface area contributed by atoms with Gasteiger partial charge in [0.15, 0.2) is 0 Å². The second-order valence-corrected chi connectivity index (χ2v) is 8.09. The number of halogens is 1. The molecule has 21 heavy (non-hydrogen) atoms. The molecule has 1 amide bonds. The molecule has 116 valence electrons. The first kappa shape index (κ1) is 16.3. The van der Waals surface area contributed by atoms with Gasteiger partial charge in [-0.3, -0.25) is 9.52 Å². The molecule has 0 saturated carbocycles. The van der Waals surface area contributed by atoms with Crippen molar-refractivity contribution >= 4 is 43.2 Å². The molecule has 1 N–H and O–H groups in total. The van der Waals surface area contributed by atoms with Crippen molar-refractivity contribution in [3.8, 4) is 0 Å². The van der Waals surface area contributed by atoms with Gasteiger partial charge in [-0.2, -0.15) is 0 Å². The Bertz CT molecular complexity index is 631. The van der Waals surface area contributed by atoms with E-state index in [0.717, 1.165) is 30.6 Å². The van der Waals surface area contributed by atoms with Crippen LogP contribution in [0, 0.1) is 0 Å². The Labute approximate surface area is 133 Å². The van der Waals surface area contributed by atoms with Crippen molar-refractivity contribution in [2.45, 2.75) is 32.6 Å². The zero-order valence-corrected chi connectivity index (χ0v) is 14.3. The summed E-state index contributed by atoms with van der Waals surface area (Å²) in [5.74, 6) is 0.143. The summed E-state index contributed by atoms with van der Waals surface area (Å²) in [5, 5.41) is 0. The van der Waals surface area contributed by atoms with Crippen molar-refractivity contribution in [3.05, 3.63) is 23.8 Å². The predicted octanol–water partition coefficient (Wildman–Crippen LogP) is 2.86. The molecule has 5 nitrogen and oxygen atoms in total. The summed E-state index contributed by atoms with van der Waals surface area (Å²) in [4.78, 5) is 13.8. The molecule has 0 spiro atoms. The number of amides is 1. The Morgan fingerprint density at radius 1 is 1.33 bits per heavy atom. The van der Waals surface area contributed by atoms with Gasteiger partial charge in [-0.1, -0.05) is 29.3 Å². The van der Waals surface area contributed by atoms with Crippen LogP contribution in [0.1, 0.15) is 31.7 Å². The number of carbonyl (C=O) groups is 1. The lowest BCUT2D eigenvalue weighted by molar-refractivity contribution is -0.118. The second kappa shape index (κ2) is 6.79. The minimum Gasteiger partial charge on any atom is -0.312 e. The molecular weight excluding hydrogens is 356 g/mol. The van der Waals surface area contributed by atoms with Gasteiger partial charge in [0, 0.05) is 24.3 Å². The quantitative estimate of drug-likeness (QED) is 0.778. The first-order valence-electron chi connectivity index (χ1n) is 6.96. The molecule has 0 saturated heterocycles. The lowest BCUT2D eigenvalue weighted by Gasteiger charge is -2.29. The third-order valence-electron chi connectivity index (χ3n) is 3.43. The standard InChI is InChI=1S/C14H19BrN2O3S/c1-2-3-8-17-13-6-5-12(16-21(19,20)10-15)9-11(13)4-7-14(17)18/h5-6,9,16H,2-4,7-8,10H2,1H3. The molecule has 1 aliphatic heterocycles. The van der Waals surface area contributed by atoms with E-state index in [-0.39, 0.29) is 10.6 Å². The van der Waals surface area contributed by atoms with Crippen LogP contribution in [0.3, 0.4) is 0 Å². The summed E-state index contributed by atoms with van der Waals surface area (Å²) in [6.07, 6.45) is 3.12. The summed E-state index contributed by atoms with van der Waals surface area (Å²) >= 11 is 2.95. The van der Waals surface area contributed by atoms with Gasteiger partial charge >= 0.3 is 0 Å². The number of sulfonamides is 1. The molecule has 0 unspecified atom stereocenters. The Morgan fingerprint density at radius 2 is 2.10 bits per heavy atom. The zero-order valence-electron chi connectivity index (χ0n) is 11.9. The minimum atomic E-state index is -3.35. The van der Waals surface area contributed by atoms with Crippen molar-refractivity contribution in [2.24, 2.45) is 0 Å². The van der Waals surface area contributed by atoms with Crippen molar-refractivity contribution in [3.63, 3.8) is 0 Å². The molecular formula is C14H19BrN2O3S. The van der Waals surface area contributed by atoms with Crippen molar-refractivity contribution in [1.29, 1.82) is 0 Å². The molecule has 2 rings (SSSR count). The van der Waals surface area contributed by atoms with Crippen LogP contribution in [-0.4, -0.2) is 25.5 Å². The highest BCUT2D eigenvalue weighted by atomic mass is 79.9. The van der Waals surface area contributed by atoms with Crippen molar-refractivity contribution in [2.75, 3.05) is 20.8 Å². The van der Waals surface area contributed by atoms with Crippen LogP contribution in [-0.2, 0) is 21.2 Å². The molecule has 1 aliphatic rings. The van der Waals surface area contributed by atoms with Gasteiger partial charge in [0.1, 0.15) is 4.66 Å². The van der Waals surface area contributed by atoms with E-state index in [4.69, 9.17) is 0 Å². The Balaban J connectivity index is 2.26. The highest BCUT2D eigenvalue weighted by Gasteiger charge is 2.24. The number of aryl methyl sites for hydroxylation is 1. The van der Waals surface area contributed by atoms with Gasteiger partial charge in [0.25, 0.3) is 0 Å². The topological polar surface area (TPSA) is 66.5 Å². The number of fused-ring (bicyclic) bond motifs is 1. The van der Waals surface area contributed by atoms with Gasteiger partial charge in [-0.05, 0) is 36.6 Å². The van der Waals surface area contributed by atoms with Gasteiger partial charge in [-0.25, -0.2) is 8.42 Å². The first-order chi connectivity index (χ1) is 9.96. The monoisotopic (exact) mass is 374 g/mol. The molecule has 7 heteroatoms. The fourth-order valence-electron chi connectivity index (χ4n) is 2.39. The van der Waals surface area contributed by atoms with Gasteiger partial charge in [0.05, 0.1) is 0 Å². The number of nitrogens with one attached hydrogen (secondary N) is 1. The van der Waals surface area contributed by atoms with E-state index in [9.17, 15) is 13.2 Å². The van der Waals surface area contributed by atoms with E-state index in [1.807, 2.05) is 17.0 Å². The van der Waals surface area contributed by atoms with Gasteiger partial charge in [-0.15, -0.1) is 0 Å². The van der Waals surface area contributed by atoms with E-state index in [1.165, 1.54) is 0 Å². The number of hydrogen-bond donors (Lipinski definition) is 1. The SMILES string of the molecule is CCCCN1C(=O)CCc2cc(NS(=O)(=O)CBr)ccc21. The van der Waals surface area contributed by atoms with Crippen molar-refractivity contribution in [1.82, 2.24) is 0 Å². The first-order valence-corrected chi connectivity index (χ1v) is 9.74. The molecule has 0 aliphatic carbocycles. The summed E-state index contributed by atoms with van der Waals surface area (Å²) < 4.78 is 25.5. The van der Waals surface area contributed by atoms with Crippen LogP contribution in [0.5, 0.6) is 0 Å². The average Bonchev–Trinajstić information content (AvgIpc) is 2.46. The lowest BCUT2D eigenvalue weighted by atomic mass is 10.00. The van der Waals surface area contributed by atoms with Crippen molar-refractivity contribution < 1.29 is 13.2 Å². The van der Waals surface area contributed by atoms with Crippen LogP contribution in [0.15, 0.2) is 18.2 Å². The van der Waals surface area contributed by atoms with E-state index in [0.29, 0.717) is 18.5 Å². The van der Waals surface area contributed by atoms with Crippen LogP contribution in [0.4, 0.5) is 11.4 Å². The number of hydrogen-bond acceptors (Lipinski definition) is 3. The van der Waals surface area contributed by atoms with E-state index in [1.54, 1.807) is 6.07 Å². The number of alkyl halides is 1. The fraction of sp³-hybridized carbons (Fsp3) is 0.500. The van der Waals surface area contributed by atoms with Crippen LogP contribution in [0.25, 0.3) is 0 Å². The van der Waals surface area contributed by atoms with E-state index >= 15 is 0 Å². The summed E-state index contributed by atoms with van der Waals surface area (Å²) in [7, 11) is -3.35. The van der Waals surface area contributed by atoms with Gasteiger partial charge < -0.3 is 4.90 Å². The molecule has 1 aromatic rings. The predicted molar refractivity (Wildman–Crippen MR) is 88.4 cm³/mol. The number of anilines is 2. The summed E-state index contributed by atoms with van der Waals surface area (Å²) in [6.45, 7) is 2.81. The fourth-order valence-corrected chi connectivity index (χ4v) is 3.28. The van der Waals surface area contributed by atoms with Gasteiger partial charge in [0.2, 0.25) is 15.9 Å². The number of unbranched alkanes of at least 4 members (excludes halogenated alkanes) is 1. The Hall–Kier alpha value is -1.08. The van der Waals surface area contributed by atoms with E-state index in [2.05, 4.69) is 27.6 Å². The molecule has 0 fully saturated rings. The smallest absolute Gasteiger partial charge is 0.242 e. The Morgan fingerprint density at radius 3 is 2.76 bits per heavy atom. The van der Waals surface area contributed by atoms with E-state index < -0.39 is 10.0 Å². The molecule has 0 atom stereocenters. The molecule has 0 aromatic heterocycles. The minimum absolute atomic E-state index is 0.141. The lowest BCUT2D eigenvalue weighted by Crippen LogP contribution is -2.35. The van der Waals surface area contributed by atoms with Crippen LogP contribution >= 0.6 is 15.9 Å². The molecule has 1 aromatic carbocycles. The normalized spacial score (nSPS) is 15.0. The average molecular weight is 375 g/mol. The molecule has 0 radical (unpaired) electrons. The molecule has 1 heterocycles. The maximum absolute atomic E-state index is 12.0. The highest BCUT2D eigenvalue weighted by molar-refractivity contribution is 9.10. The largest absolute Gasteiger partial charge is 0.312 e. The third-order valence-corrected chi connectivity index (χ3v) is 6.07. The number of benzene rings is 1. The number of carbonyl (C=O) groups excluding carboxylic acids is 1. The number of rotatable bonds is 6. The maximum Gasteiger partial charge on any atom is 0.242 e. The summed E-state index contributed by atoms with van der Waals surface area (Å²) in [5.41, 5.74) is 2.46.